The van der Waals surface area contributed by atoms with Gasteiger partial charge in [0.15, 0.2) is 5.78 Å². The van der Waals surface area contributed by atoms with Gasteiger partial charge in [0.25, 0.3) is 0 Å². The smallest absolute Gasteiger partial charge is 0.319 e. The number of carbonyl (C=O) groups excluding carboxylic acids is 2. The third-order valence-electron chi connectivity index (χ3n) is 3.38. The van der Waals surface area contributed by atoms with E-state index in [1.54, 1.807) is 24.3 Å². The van der Waals surface area contributed by atoms with Gasteiger partial charge in [0.1, 0.15) is 0 Å². The van der Waals surface area contributed by atoms with Crippen LogP contribution in [0.25, 0.3) is 0 Å². The van der Waals surface area contributed by atoms with Crippen LogP contribution in [-0.4, -0.2) is 18.4 Å². The summed E-state index contributed by atoms with van der Waals surface area (Å²) in [5.41, 5.74) is 1.44. The molecule has 4 heteroatoms. The van der Waals surface area contributed by atoms with E-state index in [2.05, 4.69) is 24.5 Å². The van der Waals surface area contributed by atoms with Crippen LogP contribution in [0.3, 0.4) is 0 Å². The van der Waals surface area contributed by atoms with Crippen molar-refractivity contribution >= 4 is 17.5 Å². The van der Waals surface area contributed by atoms with Crippen LogP contribution in [0.5, 0.6) is 0 Å². The zero-order valence-electron chi connectivity index (χ0n) is 12.1. The van der Waals surface area contributed by atoms with Crippen LogP contribution in [0.15, 0.2) is 24.3 Å². The molecule has 0 spiro atoms. The predicted molar refractivity (Wildman–Crippen MR) is 80.0 cm³/mol. The van der Waals surface area contributed by atoms with Crippen LogP contribution < -0.4 is 10.6 Å². The fraction of sp³-hybridized carbons (Fsp3) is 0.500. The Morgan fingerprint density at radius 1 is 1.20 bits per heavy atom. The number of carbonyl (C=O) groups is 2. The lowest BCUT2D eigenvalue weighted by atomic mass is 10.1. The van der Waals surface area contributed by atoms with Gasteiger partial charge in [0.05, 0.1) is 0 Å². The van der Waals surface area contributed by atoms with Crippen molar-refractivity contribution < 1.29 is 9.59 Å². The quantitative estimate of drug-likeness (QED) is 0.781. The maximum Gasteiger partial charge on any atom is 0.319 e. The van der Waals surface area contributed by atoms with Gasteiger partial charge in [-0.2, -0.15) is 0 Å². The van der Waals surface area contributed by atoms with Crippen LogP contribution in [0.4, 0.5) is 10.5 Å². The number of rotatable bonds is 6. The standard InChI is InChI=1S/C16H22N2O2/c1-11(2)9-10-17-16(20)18-14-7-5-13(6-8-14)15(19)12-3-4-12/h5-8,11-12H,3-4,9-10H2,1-2H3,(H2,17,18,20). The number of ketones is 1. The van der Waals surface area contributed by atoms with Crippen molar-refractivity contribution in [1.82, 2.24) is 5.32 Å². The lowest BCUT2D eigenvalue weighted by Crippen LogP contribution is -2.30. The van der Waals surface area contributed by atoms with E-state index in [0.717, 1.165) is 24.8 Å². The lowest BCUT2D eigenvalue weighted by molar-refractivity contribution is 0.0967. The highest BCUT2D eigenvalue weighted by Gasteiger charge is 2.30. The molecule has 0 aliphatic heterocycles. The van der Waals surface area contributed by atoms with Crippen molar-refractivity contribution in [2.24, 2.45) is 11.8 Å². The fourth-order valence-corrected chi connectivity index (χ4v) is 1.95. The molecular weight excluding hydrogens is 252 g/mol. The second kappa shape index (κ2) is 6.55. The largest absolute Gasteiger partial charge is 0.338 e. The summed E-state index contributed by atoms with van der Waals surface area (Å²) < 4.78 is 0. The Hall–Kier alpha value is -1.84. The first kappa shape index (κ1) is 14.6. The number of benzene rings is 1. The second-order valence-electron chi connectivity index (χ2n) is 5.78. The van der Waals surface area contributed by atoms with Gasteiger partial charge in [-0.1, -0.05) is 13.8 Å². The van der Waals surface area contributed by atoms with Crippen molar-refractivity contribution in [2.75, 3.05) is 11.9 Å². The normalized spacial score (nSPS) is 14.2. The molecular formula is C16H22N2O2. The average molecular weight is 274 g/mol. The maximum absolute atomic E-state index is 11.8. The molecule has 0 aromatic heterocycles. The summed E-state index contributed by atoms with van der Waals surface area (Å²) in [4.78, 5) is 23.5. The summed E-state index contributed by atoms with van der Waals surface area (Å²) in [7, 11) is 0. The molecule has 108 valence electrons. The number of hydrogen-bond acceptors (Lipinski definition) is 2. The van der Waals surface area contributed by atoms with E-state index in [4.69, 9.17) is 0 Å². The van der Waals surface area contributed by atoms with E-state index >= 15 is 0 Å². The SMILES string of the molecule is CC(C)CCNC(=O)Nc1ccc(C(=O)C2CC2)cc1. The zero-order valence-corrected chi connectivity index (χ0v) is 12.1. The minimum Gasteiger partial charge on any atom is -0.338 e. The molecule has 0 heterocycles. The molecule has 0 saturated heterocycles. The Kier molecular flexibility index (Phi) is 4.77. The first-order valence-corrected chi connectivity index (χ1v) is 7.25. The molecule has 1 aromatic carbocycles. The third-order valence-corrected chi connectivity index (χ3v) is 3.38. The van der Waals surface area contributed by atoms with Crippen molar-refractivity contribution in [3.05, 3.63) is 29.8 Å². The molecule has 1 saturated carbocycles. The van der Waals surface area contributed by atoms with Gasteiger partial charge in [0.2, 0.25) is 0 Å². The minimum atomic E-state index is -0.202. The first-order valence-electron chi connectivity index (χ1n) is 7.25. The number of amides is 2. The van der Waals surface area contributed by atoms with Crippen LogP contribution in [0.2, 0.25) is 0 Å². The minimum absolute atomic E-state index is 0.202. The highest BCUT2D eigenvalue weighted by atomic mass is 16.2. The van der Waals surface area contributed by atoms with E-state index in [-0.39, 0.29) is 17.7 Å². The summed E-state index contributed by atoms with van der Waals surface area (Å²) >= 11 is 0. The Morgan fingerprint density at radius 3 is 2.40 bits per heavy atom. The highest BCUT2D eigenvalue weighted by molar-refractivity contribution is 6.00. The van der Waals surface area contributed by atoms with Gasteiger partial charge >= 0.3 is 6.03 Å². The van der Waals surface area contributed by atoms with Gasteiger partial charge in [-0.25, -0.2) is 4.79 Å². The van der Waals surface area contributed by atoms with Crippen LogP contribution in [0.1, 0.15) is 43.5 Å². The molecule has 2 amide bonds. The summed E-state index contributed by atoms with van der Waals surface area (Å²) in [6.45, 7) is 4.91. The lowest BCUT2D eigenvalue weighted by Gasteiger charge is -2.09. The Bertz CT molecular complexity index is 476. The summed E-state index contributed by atoms with van der Waals surface area (Å²) in [5.74, 6) is 1.02. The topological polar surface area (TPSA) is 58.2 Å². The van der Waals surface area contributed by atoms with Crippen molar-refractivity contribution in [2.45, 2.75) is 33.1 Å². The van der Waals surface area contributed by atoms with Crippen LogP contribution >= 0.6 is 0 Å². The molecule has 1 aliphatic carbocycles. The Morgan fingerprint density at radius 2 is 1.85 bits per heavy atom. The molecule has 1 fully saturated rings. The van der Waals surface area contributed by atoms with Crippen LogP contribution in [0, 0.1) is 11.8 Å². The van der Waals surface area contributed by atoms with Crippen molar-refractivity contribution in [1.29, 1.82) is 0 Å². The molecule has 1 aliphatic rings. The molecule has 0 bridgehead atoms. The van der Waals surface area contributed by atoms with Crippen molar-refractivity contribution in [3.63, 3.8) is 0 Å². The summed E-state index contributed by atoms with van der Waals surface area (Å²) in [5, 5.41) is 5.58. The summed E-state index contributed by atoms with van der Waals surface area (Å²) in [6.07, 6.45) is 2.98. The van der Waals surface area contributed by atoms with Gasteiger partial charge in [0, 0.05) is 23.7 Å². The molecule has 1 aromatic rings. The third kappa shape index (κ3) is 4.37. The zero-order chi connectivity index (χ0) is 14.5. The highest BCUT2D eigenvalue weighted by Crippen LogP contribution is 2.32. The van der Waals surface area contributed by atoms with Crippen molar-refractivity contribution in [3.8, 4) is 0 Å². The van der Waals surface area contributed by atoms with Gasteiger partial charge in [-0.15, -0.1) is 0 Å². The molecule has 2 N–H and O–H groups in total. The monoisotopic (exact) mass is 274 g/mol. The van der Waals surface area contributed by atoms with E-state index in [0.29, 0.717) is 18.2 Å². The first-order chi connectivity index (χ1) is 9.56. The number of urea groups is 1. The Balaban J connectivity index is 1.80. The Labute approximate surface area is 119 Å². The molecule has 0 radical (unpaired) electrons. The predicted octanol–water partition coefficient (Wildman–Crippen LogP) is 3.45. The number of anilines is 1. The maximum atomic E-state index is 11.8. The average Bonchev–Trinajstić information content (AvgIpc) is 3.22. The van der Waals surface area contributed by atoms with E-state index in [1.165, 1.54) is 0 Å². The van der Waals surface area contributed by atoms with E-state index in [1.807, 2.05) is 0 Å². The molecule has 0 atom stereocenters. The molecule has 2 rings (SSSR count). The van der Waals surface area contributed by atoms with Gasteiger partial charge < -0.3 is 10.6 Å². The molecule has 4 nitrogen and oxygen atoms in total. The van der Waals surface area contributed by atoms with Crippen LogP contribution in [-0.2, 0) is 0 Å². The fourth-order valence-electron chi connectivity index (χ4n) is 1.95. The van der Waals surface area contributed by atoms with E-state index < -0.39 is 0 Å². The second-order valence-corrected chi connectivity index (χ2v) is 5.78. The van der Waals surface area contributed by atoms with Gasteiger partial charge in [-0.3, -0.25) is 4.79 Å². The van der Waals surface area contributed by atoms with E-state index in [9.17, 15) is 9.59 Å². The van der Waals surface area contributed by atoms with Gasteiger partial charge in [-0.05, 0) is 49.4 Å². The number of Topliss-reactive ketones (excluding diaryl/α,β-unsaturated/α-hetero) is 1. The summed E-state index contributed by atoms with van der Waals surface area (Å²) in [6, 6.07) is 6.91. The number of hydrogen-bond donors (Lipinski definition) is 2. The molecule has 0 unspecified atom stereocenters. The molecule has 20 heavy (non-hydrogen) atoms. The number of nitrogens with one attached hydrogen (secondary N) is 2.